The second kappa shape index (κ2) is 41.5. The topological polar surface area (TPSA) is 61.8 Å². The Morgan fingerprint density at radius 1 is 0.460 bits per heavy atom. The van der Waals surface area contributed by atoms with E-state index >= 15 is 0 Å². The lowest BCUT2D eigenvalue weighted by Gasteiger charge is -2.18. The summed E-state index contributed by atoms with van der Waals surface area (Å²) in [6.07, 6.45) is 47.4. The van der Waals surface area contributed by atoms with E-state index in [9.17, 15) is 9.59 Å². The van der Waals surface area contributed by atoms with Gasteiger partial charge in [0.05, 0.1) is 6.61 Å². The van der Waals surface area contributed by atoms with E-state index in [1.165, 1.54) is 109 Å². The summed E-state index contributed by atoms with van der Waals surface area (Å²) in [5.74, 6) is -0.438. The van der Waals surface area contributed by atoms with Crippen LogP contribution in [0, 0.1) is 0 Å². The van der Waals surface area contributed by atoms with Crippen molar-refractivity contribution in [2.45, 2.75) is 219 Å². The zero-order valence-electron chi connectivity index (χ0n) is 33.4. The summed E-state index contributed by atoms with van der Waals surface area (Å²) < 4.78 is 17.1. The molecule has 0 radical (unpaired) electrons. The molecule has 0 saturated carbocycles. The van der Waals surface area contributed by atoms with Gasteiger partial charge in [-0.2, -0.15) is 0 Å². The Hall–Kier alpha value is -1.88. The summed E-state index contributed by atoms with van der Waals surface area (Å²) in [7, 11) is 0. The largest absolute Gasteiger partial charge is 0.462 e. The van der Waals surface area contributed by atoms with Gasteiger partial charge in [-0.3, -0.25) is 9.59 Å². The van der Waals surface area contributed by atoms with Gasteiger partial charge in [0, 0.05) is 19.4 Å². The van der Waals surface area contributed by atoms with Crippen molar-refractivity contribution in [1.82, 2.24) is 0 Å². The van der Waals surface area contributed by atoms with Crippen molar-refractivity contribution in [3.8, 4) is 0 Å². The highest BCUT2D eigenvalue weighted by Crippen LogP contribution is 2.14. The van der Waals surface area contributed by atoms with Gasteiger partial charge >= 0.3 is 11.9 Å². The van der Waals surface area contributed by atoms with Crippen LogP contribution in [-0.4, -0.2) is 37.9 Å². The SMILES string of the molecule is CC/C=C\C/C=C\C/C=C\CCCCCC(=O)OCC(COCCCCCCCCCCCCCCCCCC)OC(=O)CCCCCCC. The van der Waals surface area contributed by atoms with E-state index in [0.29, 0.717) is 19.4 Å². The summed E-state index contributed by atoms with van der Waals surface area (Å²) in [4.78, 5) is 24.9. The lowest BCUT2D eigenvalue weighted by Crippen LogP contribution is -2.30. The van der Waals surface area contributed by atoms with Crippen LogP contribution in [0.5, 0.6) is 0 Å². The summed E-state index contributed by atoms with van der Waals surface area (Å²) in [6, 6.07) is 0. The molecule has 0 aliphatic carbocycles. The van der Waals surface area contributed by atoms with E-state index < -0.39 is 6.10 Å². The van der Waals surface area contributed by atoms with E-state index in [1.54, 1.807) is 0 Å². The normalized spacial score (nSPS) is 12.5. The van der Waals surface area contributed by atoms with Crippen LogP contribution < -0.4 is 0 Å². The number of unbranched alkanes of at least 4 members (excludes halogenated alkanes) is 22. The van der Waals surface area contributed by atoms with Crippen LogP contribution in [0.2, 0.25) is 0 Å². The molecular formula is C45H82O5. The maximum atomic E-state index is 12.5. The van der Waals surface area contributed by atoms with Crippen molar-refractivity contribution in [3.05, 3.63) is 36.5 Å². The van der Waals surface area contributed by atoms with E-state index in [2.05, 4.69) is 57.2 Å². The molecule has 50 heavy (non-hydrogen) atoms. The molecule has 0 fully saturated rings. The van der Waals surface area contributed by atoms with E-state index in [-0.39, 0.29) is 25.2 Å². The maximum Gasteiger partial charge on any atom is 0.306 e. The number of hydrogen-bond acceptors (Lipinski definition) is 5. The van der Waals surface area contributed by atoms with Crippen LogP contribution in [-0.2, 0) is 23.8 Å². The molecule has 0 N–H and O–H groups in total. The third-order valence-electron chi connectivity index (χ3n) is 9.19. The summed E-state index contributed by atoms with van der Waals surface area (Å²) in [5.41, 5.74) is 0. The molecule has 1 unspecified atom stereocenters. The van der Waals surface area contributed by atoms with E-state index in [0.717, 1.165) is 70.6 Å². The fourth-order valence-corrected chi connectivity index (χ4v) is 5.99. The molecule has 5 nitrogen and oxygen atoms in total. The van der Waals surface area contributed by atoms with Crippen LogP contribution >= 0.6 is 0 Å². The van der Waals surface area contributed by atoms with Gasteiger partial charge in [-0.15, -0.1) is 0 Å². The molecule has 0 amide bonds. The Bertz CT molecular complexity index is 801. The number of esters is 2. The van der Waals surface area contributed by atoms with Gasteiger partial charge in [-0.1, -0.05) is 186 Å². The monoisotopic (exact) mass is 703 g/mol. The third-order valence-corrected chi connectivity index (χ3v) is 9.19. The van der Waals surface area contributed by atoms with Gasteiger partial charge < -0.3 is 14.2 Å². The fraction of sp³-hybridized carbons (Fsp3) is 0.822. The Morgan fingerprint density at radius 3 is 1.44 bits per heavy atom. The fourth-order valence-electron chi connectivity index (χ4n) is 5.99. The number of ether oxygens (including phenoxy) is 3. The van der Waals surface area contributed by atoms with Gasteiger partial charge in [0.15, 0.2) is 6.10 Å². The van der Waals surface area contributed by atoms with Gasteiger partial charge in [-0.05, 0) is 51.4 Å². The van der Waals surface area contributed by atoms with Crippen LogP contribution in [0.3, 0.4) is 0 Å². The Labute approximate surface area is 310 Å². The van der Waals surface area contributed by atoms with Crippen LogP contribution in [0.4, 0.5) is 0 Å². The second-order valence-corrected chi connectivity index (χ2v) is 14.2. The molecule has 0 aromatic heterocycles. The van der Waals surface area contributed by atoms with Gasteiger partial charge in [0.2, 0.25) is 0 Å². The molecule has 0 heterocycles. The Morgan fingerprint density at radius 2 is 0.900 bits per heavy atom. The Kier molecular flexibility index (Phi) is 40.0. The highest BCUT2D eigenvalue weighted by Gasteiger charge is 2.17. The quantitative estimate of drug-likeness (QED) is 0.0362. The molecule has 0 aliphatic rings. The molecule has 0 bridgehead atoms. The predicted molar refractivity (Wildman–Crippen MR) is 215 cm³/mol. The van der Waals surface area contributed by atoms with Gasteiger partial charge in [0.25, 0.3) is 0 Å². The summed E-state index contributed by atoms with van der Waals surface area (Å²) in [5, 5.41) is 0. The first-order valence-electron chi connectivity index (χ1n) is 21.5. The number of allylic oxidation sites excluding steroid dienone is 6. The molecule has 0 aromatic carbocycles. The lowest BCUT2D eigenvalue weighted by atomic mass is 10.0. The molecule has 5 heteroatoms. The average molecular weight is 703 g/mol. The molecule has 1 atom stereocenters. The first-order chi connectivity index (χ1) is 24.6. The Balaban J connectivity index is 4.08. The molecule has 0 aromatic rings. The van der Waals surface area contributed by atoms with Crippen molar-refractivity contribution in [1.29, 1.82) is 0 Å². The molecule has 0 rings (SSSR count). The molecule has 0 aliphatic heterocycles. The van der Waals surface area contributed by atoms with Crippen LogP contribution in [0.1, 0.15) is 213 Å². The summed E-state index contributed by atoms with van der Waals surface area (Å²) >= 11 is 0. The summed E-state index contributed by atoms with van der Waals surface area (Å²) in [6.45, 7) is 7.63. The molecule has 0 spiro atoms. The minimum atomic E-state index is -0.537. The number of rotatable bonds is 39. The van der Waals surface area contributed by atoms with Gasteiger partial charge in [-0.25, -0.2) is 0 Å². The maximum absolute atomic E-state index is 12.5. The zero-order chi connectivity index (χ0) is 36.4. The van der Waals surface area contributed by atoms with Crippen molar-refractivity contribution in [2.24, 2.45) is 0 Å². The van der Waals surface area contributed by atoms with E-state index in [1.807, 2.05) is 0 Å². The highest BCUT2D eigenvalue weighted by molar-refractivity contribution is 5.70. The smallest absolute Gasteiger partial charge is 0.306 e. The van der Waals surface area contributed by atoms with E-state index in [4.69, 9.17) is 14.2 Å². The van der Waals surface area contributed by atoms with Crippen molar-refractivity contribution in [2.75, 3.05) is 19.8 Å². The average Bonchev–Trinajstić information content (AvgIpc) is 3.11. The molecule has 0 saturated heterocycles. The first-order valence-corrected chi connectivity index (χ1v) is 21.5. The zero-order valence-corrected chi connectivity index (χ0v) is 33.4. The van der Waals surface area contributed by atoms with Crippen molar-refractivity contribution < 1.29 is 23.8 Å². The lowest BCUT2D eigenvalue weighted by molar-refractivity contribution is -0.163. The van der Waals surface area contributed by atoms with Crippen molar-refractivity contribution in [3.63, 3.8) is 0 Å². The standard InChI is InChI=1S/C45H82O5/c1-4-7-10-13-15-17-19-21-22-23-25-27-29-31-34-37-40-48-41-43(50-45(47)39-36-32-12-9-6-3)42-49-44(46)38-35-33-30-28-26-24-20-18-16-14-11-8-5-2/h8,11,16,18,24,26,43H,4-7,9-10,12-15,17,19-23,25,27-42H2,1-3H3/b11-8-,18-16-,26-24-. The second-order valence-electron chi connectivity index (χ2n) is 14.2. The number of carbonyl (C=O) groups is 2. The highest BCUT2D eigenvalue weighted by atomic mass is 16.6. The third kappa shape index (κ3) is 38.9. The molecule has 292 valence electrons. The van der Waals surface area contributed by atoms with Crippen LogP contribution in [0.25, 0.3) is 0 Å². The van der Waals surface area contributed by atoms with Gasteiger partial charge in [0.1, 0.15) is 6.61 Å². The van der Waals surface area contributed by atoms with Crippen LogP contribution in [0.15, 0.2) is 36.5 Å². The first kappa shape index (κ1) is 48.1. The number of carbonyl (C=O) groups excluding carboxylic acids is 2. The van der Waals surface area contributed by atoms with Crippen molar-refractivity contribution >= 4 is 11.9 Å². The minimum Gasteiger partial charge on any atom is -0.462 e. The predicted octanol–water partition coefficient (Wildman–Crippen LogP) is 13.9. The minimum absolute atomic E-state index is 0.0733. The molecular weight excluding hydrogens is 620 g/mol. The number of hydrogen-bond donors (Lipinski definition) is 0.